The smallest absolute Gasteiger partial charge is 0.251 e. The summed E-state index contributed by atoms with van der Waals surface area (Å²) in [6, 6.07) is 5.39. The van der Waals surface area contributed by atoms with Gasteiger partial charge in [-0.15, -0.1) is 0 Å². The van der Waals surface area contributed by atoms with Crippen LogP contribution in [0.4, 0.5) is 0 Å². The number of aromatic amines is 1. The molecule has 108 valence electrons. The zero-order chi connectivity index (χ0) is 14.4. The van der Waals surface area contributed by atoms with Gasteiger partial charge in [0.2, 0.25) is 0 Å². The van der Waals surface area contributed by atoms with Crippen LogP contribution in [0.5, 0.6) is 0 Å². The molecule has 1 amide bonds. The van der Waals surface area contributed by atoms with E-state index in [1.54, 1.807) is 18.5 Å². The third-order valence-corrected chi connectivity index (χ3v) is 2.90. The van der Waals surface area contributed by atoms with E-state index in [1.165, 1.54) is 0 Å². The summed E-state index contributed by atoms with van der Waals surface area (Å²) in [4.78, 5) is 21.1. The van der Waals surface area contributed by atoms with Crippen LogP contribution in [-0.2, 0) is 4.74 Å². The molecule has 6 nitrogen and oxygen atoms in total. The first-order chi connectivity index (χ1) is 9.66. The quantitative estimate of drug-likeness (QED) is 0.736. The van der Waals surface area contributed by atoms with Crippen molar-refractivity contribution in [3.8, 4) is 0 Å². The Balaban J connectivity index is 1.74. The summed E-state index contributed by atoms with van der Waals surface area (Å²) in [5.74, 6) is -0.0993. The predicted octanol–water partition coefficient (Wildman–Crippen LogP) is 0.871. The summed E-state index contributed by atoms with van der Waals surface area (Å²) < 4.78 is 5.42. The SMILES string of the molecule is CN(C)CCOCCNC(=O)c1ccc2nc[nH]c2c1. The molecule has 20 heavy (non-hydrogen) atoms. The molecule has 2 N–H and O–H groups in total. The molecule has 0 atom stereocenters. The van der Waals surface area contributed by atoms with Crippen molar-refractivity contribution in [2.75, 3.05) is 40.4 Å². The van der Waals surface area contributed by atoms with Gasteiger partial charge in [0.1, 0.15) is 0 Å². The molecule has 2 rings (SSSR count). The zero-order valence-electron chi connectivity index (χ0n) is 11.8. The molecule has 0 saturated carbocycles. The van der Waals surface area contributed by atoms with E-state index in [0.717, 1.165) is 17.6 Å². The molecule has 0 aliphatic rings. The molecular weight excluding hydrogens is 256 g/mol. The van der Waals surface area contributed by atoms with Gasteiger partial charge in [-0.3, -0.25) is 4.79 Å². The molecule has 0 aliphatic heterocycles. The number of amides is 1. The number of carbonyl (C=O) groups excluding carboxylic acids is 1. The van der Waals surface area contributed by atoms with Crippen molar-refractivity contribution < 1.29 is 9.53 Å². The second-order valence-electron chi connectivity index (χ2n) is 4.81. The van der Waals surface area contributed by atoms with E-state index in [0.29, 0.717) is 25.3 Å². The fourth-order valence-electron chi connectivity index (χ4n) is 1.76. The molecule has 1 aromatic heterocycles. The van der Waals surface area contributed by atoms with E-state index in [9.17, 15) is 4.79 Å². The number of H-pyrrole nitrogens is 1. The maximum absolute atomic E-state index is 11.9. The van der Waals surface area contributed by atoms with Crippen molar-refractivity contribution >= 4 is 16.9 Å². The van der Waals surface area contributed by atoms with Crippen LogP contribution < -0.4 is 5.32 Å². The van der Waals surface area contributed by atoms with Crippen LogP contribution in [0.2, 0.25) is 0 Å². The van der Waals surface area contributed by atoms with Gasteiger partial charge < -0.3 is 19.9 Å². The maximum Gasteiger partial charge on any atom is 0.251 e. The van der Waals surface area contributed by atoms with Gasteiger partial charge in [-0.25, -0.2) is 4.98 Å². The monoisotopic (exact) mass is 276 g/mol. The van der Waals surface area contributed by atoms with E-state index in [4.69, 9.17) is 4.74 Å². The molecule has 0 unspecified atom stereocenters. The van der Waals surface area contributed by atoms with Gasteiger partial charge in [0.25, 0.3) is 5.91 Å². The topological polar surface area (TPSA) is 70.2 Å². The number of carbonyl (C=O) groups is 1. The van der Waals surface area contributed by atoms with Crippen molar-refractivity contribution in [2.24, 2.45) is 0 Å². The lowest BCUT2D eigenvalue weighted by Crippen LogP contribution is -2.28. The molecule has 0 radical (unpaired) electrons. The van der Waals surface area contributed by atoms with E-state index in [-0.39, 0.29) is 5.91 Å². The summed E-state index contributed by atoms with van der Waals surface area (Å²) in [7, 11) is 3.99. The Kier molecular flexibility index (Phi) is 5.09. The summed E-state index contributed by atoms with van der Waals surface area (Å²) in [6.07, 6.45) is 1.62. The second-order valence-corrected chi connectivity index (χ2v) is 4.81. The van der Waals surface area contributed by atoms with Crippen LogP contribution >= 0.6 is 0 Å². The highest BCUT2D eigenvalue weighted by molar-refractivity contribution is 5.97. The number of fused-ring (bicyclic) bond motifs is 1. The van der Waals surface area contributed by atoms with Gasteiger partial charge in [-0.1, -0.05) is 0 Å². The van der Waals surface area contributed by atoms with E-state index < -0.39 is 0 Å². The number of imidazole rings is 1. The Labute approximate surface area is 118 Å². The fraction of sp³-hybridized carbons (Fsp3) is 0.429. The second kappa shape index (κ2) is 7.02. The highest BCUT2D eigenvalue weighted by atomic mass is 16.5. The molecule has 0 bridgehead atoms. The number of nitrogens with zero attached hydrogens (tertiary/aromatic N) is 2. The minimum atomic E-state index is -0.0993. The lowest BCUT2D eigenvalue weighted by molar-refractivity contribution is 0.0900. The number of hydrogen-bond donors (Lipinski definition) is 2. The Morgan fingerprint density at radius 3 is 3.05 bits per heavy atom. The van der Waals surface area contributed by atoms with Crippen LogP contribution in [0.1, 0.15) is 10.4 Å². The number of likely N-dealkylation sites (N-methyl/N-ethyl adjacent to an activating group) is 1. The standard InChI is InChI=1S/C14H20N4O2/c1-18(2)6-8-20-7-5-15-14(19)11-3-4-12-13(9-11)17-10-16-12/h3-4,9-10H,5-8H2,1-2H3,(H,15,19)(H,16,17). The highest BCUT2D eigenvalue weighted by Crippen LogP contribution is 2.11. The van der Waals surface area contributed by atoms with Gasteiger partial charge in [0.15, 0.2) is 0 Å². The molecule has 1 heterocycles. The van der Waals surface area contributed by atoms with Crippen LogP contribution in [0, 0.1) is 0 Å². The molecule has 0 fully saturated rings. The average Bonchev–Trinajstić information content (AvgIpc) is 2.89. The Hall–Kier alpha value is -1.92. The lowest BCUT2D eigenvalue weighted by atomic mass is 10.2. The van der Waals surface area contributed by atoms with E-state index in [1.807, 2.05) is 20.2 Å². The first-order valence-electron chi connectivity index (χ1n) is 6.60. The largest absolute Gasteiger partial charge is 0.378 e. The minimum absolute atomic E-state index is 0.0993. The maximum atomic E-state index is 11.9. The van der Waals surface area contributed by atoms with Crippen molar-refractivity contribution in [1.29, 1.82) is 0 Å². The minimum Gasteiger partial charge on any atom is -0.378 e. The van der Waals surface area contributed by atoms with Gasteiger partial charge in [-0.05, 0) is 32.3 Å². The van der Waals surface area contributed by atoms with Crippen molar-refractivity contribution in [3.05, 3.63) is 30.1 Å². The summed E-state index contributed by atoms with van der Waals surface area (Å²) in [6.45, 7) is 2.58. The van der Waals surface area contributed by atoms with Crippen molar-refractivity contribution in [3.63, 3.8) is 0 Å². The lowest BCUT2D eigenvalue weighted by Gasteiger charge is -2.10. The van der Waals surface area contributed by atoms with Crippen molar-refractivity contribution in [2.45, 2.75) is 0 Å². The third kappa shape index (κ3) is 4.04. The van der Waals surface area contributed by atoms with Crippen LogP contribution in [0.25, 0.3) is 11.0 Å². The molecular formula is C14H20N4O2. The number of ether oxygens (including phenoxy) is 1. The number of aromatic nitrogens is 2. The molecule has 0 spiro atoms. The van der Waals surface area contributed by atoms with Crippen LogP contribution in [0.3, 0.4) is 0 Å². The first-order valence-corrected chi connectivity index (χ1v) is 6.60. The third-order valence-electron chi connectivity index (χ3n) is 2.90. The normalized spacial score (nSPS) is 11.2. The van der Waals surface area contributed by atoms with E-state index >= 15 is 0 Å². The average molecular weight is 276 g/mol. The van der Waals surface area contributed by atoms with E-state index in [2.05, 4.69) is 20.2 Å². The van der Waals surface area contributed by atoms with Gasteiger partial charge in [0.05, 0.1) is 30.6 Å². The number of nitrogens with one attached hydrogen (secondary N) is 2. The summed E-state index contributed by atoms with van der Waals surface area (Å²) in [5, 5.41) is 2.83. The molecule has 0 saturated heterocycles. The number of hydrogen-bond acceptors (Lipinski definition) is 4. The molecule has 0 aliphatic carbocycles. The fourth-order valence-corrected chi connectivity index (χ4v) is 1.76. The highest BCUT2D eigenvalue weighted by Gasteiger charge is 2.06. The molecule has 2 aromatic rings. The number of benzene rings is 1. The zero-order valence-corrected chi connectivity index (χ0v) is 11.8. The first kappa shape index (κ1) is 14.5. The summed E-state index contributed by atoms with van der Waals surface area (Å²) in [5.41, 5.74) is 2.34. The Morgan fingerprint density at radius 1 is 1.40 bits per heavy atom. The van der Waals surface area contributed by atoms with Gasteiger partial charge in [0, 0.05) is 18.7 Å². The molecule has 6 heteroatoms. The van der Waals surface area contributed by atoms with Crippen molar-refractivity contribution in [1.82, 2.24) is 20.2 Å². The number of rotatable bonds is 7. The van der Waals surface area contributed by atoms with Crippen LogP contribution in [0.15, 0.2) is 24.5 Å². The Morgan fingerprint density at radius 2 is 2.25 bits per heavy atom. The Bertz CT molecular complexity index is 565. The van der Waals surface area contributed by atoms with Crippen LogP contribution in [-0.4, -0.2) is 61.2 Å². The predicted molar refractivity (Wildman–Crippen MR) is 77.8 cm³/mol. The summed E-state index contributed by atoms with van der Waals surface area (Å²) >= 11 is 0. The van der Waals surface area contributed by atoms with Gasteiger partial charge in [-0.2, -0.15) is 0 Å². The molecule has 1 aromatic carbocycles. The van der Waals surface area contributed by atoms with Gasteiger partial charge >= 0.3 is 0 Å².